The molecule has 0 saturated heterocycles. The molecule has 1 aromatic heterocycles. The minimum atomic E-state index is -4.05. The molecule has 0 spiro atoms. The van der Waals surface area contributed by atoms with Gasteiger partial charge in [0, 0.05) is 24.4 Å². The van der Waals surface area contributed by atoms with Crippen LogP contribution < -0.4 is 9.46 Å². The fraction of sp³-hybridized carbons (Fsp3) is 0.0556. The van der Waals surface area contributed by atoms with Gasteiger partial charge in [0.05, 0.1) is 0 Å². The Labute approximate surface area is 149 Å². The Balaban J connectivity index is 1.80. The van der Waals surface area contributed by atoms with Gasteiger partial charge in [0.15, 0.2) is 0 Å². The summed E-state index contributed by atoms with van der Waals surface area (Å²) in [6, 6.07) is 13.8. The lowest BCUT2D eigenvalue weighted by Crippen LogP contribution is -2.24. The number of rotatable bonds is 6. The lowest BCUT2D eigenvalue weighted by atomic mass is 10.3. The molecule has 0 bridgehead atoms. The first kappa shape index (κ1) is 18.0. The molecule has 0 aliphatic heterocycles. The smallest absolute Gasteiger partial charge is 0.243 e. The van der Waals surface area contributed by atoms with Crippen molar-refractivity contribution in [2.75, 3.05) is 0 Å². The predicted octanol–water partition coefficient (Wildman–Crippen LogP) is 3.63. The Bertz CT molecular complexity index is 1030. The monoisotopic (exact) mass is 376 g/mol. The summed E-state index contributed by atoms with van der Waals surface area (Å²) in [4.78, 5) is 3.59. The van der Waals surface area contributed by atoms with E-state index in [9.17, 15) is 17.2 Å². The van der Waals surface area contributed by atoms with Crippen molar-refractivity contribution >= 4 is 10.0 Å². The van der Waals surface area contributed by atoms with Crippen molar-refractivity contribution in [2.45, 2.75) is 11.4 Å². The SMILES string of the molecule is O=S(=O)(NCc1cccnc1Oc1cccc(F)c1)c1ccccc1F. The highest BCUT2D eigenvalue weighted by Crippen LogP contribution is 2.24. The lowest BCUT2D eigenvalue weighted by Gasteiger charge is -2.11. The number of pyridine rings is 1. The van der Waals surface area contributed by atoms with Crippen LogP contribution in [0.3, 0.4) is 0 Å². The van der Waals surface area contributed by atoms with Crippen LogP contribution in [-0.2, 0) is 16.6 Å². The molecule has 0 fully saturated rings. The summed E-state index contributed by atoms with van der Waals surface area (Å²) < 4.78 is 59.4. The van der Waals surface area contributed by atoms with Crippen molar-refractivity contribution in [1.29, 1.82) is 0 Å². The highest BCUT2D eigenvalue weighted by molar-refractivity contribution is 7.89. The van der Waals surface area contributed by atoms with Gasteiger partial charge in [-0.1, -0.05) is 24.3 Å². The van der Waals surface area contributed by atoms with Crippen LogP contribution >= 0.6 is 0 Å². The molecule has 3 rings (SSSR count). The molecule has 1 heterocycles. The Kier molecular flexibility index (Phi) is 5.24. The van der Waals surface area contributed by atoms with Gasteiger partial charge in [-0.05, 0) is 30.3 Å². The number of sulfonamides is 1. The van der Waals surface area contributed by atoms with E-state index >= 15 is 0 Å². The van der Waals surface area contributed by atoms with E-state index in [1.807, 2.05) is 0 Å². The summed E-state index contributed by atoms with van der Waals surface area (Å²) in [6.07, 6.45) is 1.46. The molecule has 0 amide bonds. The minimum absolute atomic E-state index is 0.120. The molecular formula is C18H14F2N2O3S. The van der Waals surface area contributed by atoms with E-state index < -0.39 is 26.6 Å². The van der Waals surface area contributed by atoms with E-state index in [2.05, 4.69) is 9.71 Å². The number of hydrogen-bond acceptors (Lipinski definition) is 4. The second-order valence-electron chi connectivity index (χ2n) is 5.28. The molecule has 134 valence electrons. The van der Waals surface area contributed by atoms with Gasteiger partial charge in [-0.3, -0.25) is 0 Å². The second kappa shape index (κ2) is 7.59. The standard InChI is InChI=1S/C18H14F2N2O3S/c19-14-6-3-7-15(11-14)25-18-13(5-4-10-21-18)12-22-26(23,24)17-9-2-1-8-16(17)20/h1-11,22H,12H2. The number of hydrogen-bond donors (Lipinski definition) is 1. The largest absolute Gasteiger partial charge is 0.439 e. The Morgan fingerprint density at radius 3 is 2.58 bits per heavy atom. The number of nitrogens with one attached hydrogen (secondary N) is 1. The Morgan fingerprint density at radius 1 is 1.00 bits per heavy atom. The van der Waals surface area contributed by atoms with Gasteiger partial charge in [0.25, 0.3) is 0 Å². The molecule has 0 unspecified atom stereocenters. The molecule has 0 atom stereocenters. The van der Waals surface area contributed by atoms with E-state index in [0.717, 1.165) is 6.07 Å². The maximum Gasteiger partial charge on any atom is 0.243 e. The van der Waals surface area contributed by atoms with E-state index in [4.69, 9.17) is 4.74 Å². The van der Waals surface area contributed by atoms with Crippen LogP contribution in [0.25, 0.3) is 0 Å². The average Bonchev–Trinajstić information content (AvgIpc) is 2.61. The van der Waals surface area contributed by atoms with E-state index in [-0.39, 0.29) is 18.2 Å². The topological polar surface area (TPSA) is 68.3 Å². The zero-order valence-corrected chi connectivity index (χ0v) is 14.2. The van der Waals surface area contributed by atoms with Crippen molar-refractivity contribution in [1.82, 2.24) is 9.71 Å². The molecule has 0 radical (unpaired) electrons. The Morgan fingerprint density at radius 2 is 1.81 bits per heavy atom. The summed E-state index contributed by atoms with van der Waals surface area (Å²) in [5, 5.41) is 0. The van der Waals surface area contributed by atoms with Crippen LogP contribution in [0.4, 0.5) is 8.78 Å². The van der Waals surface area contributed by atoms with Crippen molar-refractivity contribution in [2.24, 2.45) is 0 Å². The van der Waals surface area contributed by atoms with Crippen molar-refractivity contribution in [3.8, 4) is 11.6 Å². The summed E-state index contributed by atoms with van der Waals surface area (Å²) >= 11 is 0. The fourth-order valence-corrected chi connectivity index (χ4v) is 3.29. The van der Waals surface area contributed by atoms with E-state index in [0.29, 0.717) is 5.56 Å². The fourth-order valence-electron chi connectivity index (χ4n) is 2.21. The molecule has 0 aliphatic rings. The Hall–Kier alpha value is -2.84. The summed E-state index contributed by atoms with van der Waals surface area (Å²) in [7, 11) is -4.05. The molecular weight excluding hydrogens is 362 g/mol. The normalized spacial score (nSPS) is 11.3. The molecule has 0 aliphatic carbocycles. The third-order valence-electron chi connectivity index (χ3n) is 3.44. The number of halogens is 2. The molecule has 3 aromatic rings. The van der Waals surface area contributed by atoms with Crippen LogP contribution in [0.5, 0.6) is 11.6 Å². The lowest BCUT2D eigenvalue weighted by molar-refractivity contribution is 0.450. The van der Waals surface area contributed by atoms with Crippen molar-refractivity contribution in [3.63, 3.8) is 0 Å². The number of aromatic nitrogens is 1. The first-order valence-electron chi connectivity index (χ1n) is 7.57. The van der Waals surface area contributed by atoms with Crippen LogP contribution in [0.1, 0.15) is 5.56 Å². The molecule has 2 aromatic carbocycles. The third kappa shape index (κ3) is 4.22. The zero-order valence-electron chi connectivity index (χ0n) is 13.4. The number of ether oxygens (including phenoxy) is 1. The van der Waals surface area contributed by atoms with Crippen LogP contribution in [-0.4, -0.2) is 13.4 Å². The van der Waals surface area contributed by atoms with Crippen LogP contribution in [0, 0.1) is 11.6 Å². The van der Waals surface area contributed by atoms with Gasteiger partial charge >= 0.3 is 0 Å². The predicted molar refractivity (Wildman–Crippen MR) is 91.1 cm³/mol. The van der Waals surface area contributed by atoms with Gasteiger partial charge in [0.2, 0.25) is 15.9 Å². The van der Waals surface area contributed by atoms with Crippen LogP contribution in [0.15, 0.2) is 71.8 Å². The van der Waals surface area contributed by atoms with Crippen LogP contribution in [0.2, 0.25) is 0 Å². The van der Waals surface area contributed by atoms with Crippen molar-refractivity contribution in [3.05, 3.63) is 84.1 Å². The third-order valence-corrected chi connectivity index (χ3v) is 4.87. The summed E-state index contributed by atoms with van der Waals surface area (Å²) in [5.74, 6) is -0.973. The van der Waals surface area contributed by atoms with Gasteiger partial charge in [0.1, 0.15) is 22.3 Å². The minimum Gasteiger partial charge on any atom is -0.439 e. The maximum atomic E-state index is 13.7. The molecule has 1 N–H and O–H groups in total. The van der Waals surface area contributed by atoms with Gasteiger partial charge in [-0.2, -0.15) is 0 Å². The van der Waals surface area contributed by atoms with Crippen molar-refractivity contribution < 1.29 is 21.9 Å². The quantitative estimate of drug-likeness (QED) is 0.713. The number of nitrogens with zero attached hydrogens (tertiary/aromatic N) is 1. The zero-order chi connectivity index (χ0) is 18.6. The summed E-state index contributed by atoms with van der Waals surface area (Å²) in [6.45, 7) is -0.171. The first-order chi connectivity index (χ1) is 12.5. The number of benzene rings is 2. The molecule has 8 heteroatoms. The van der Waals surface area contributed by atoms with E-state index in [1.54, 1.807) is 18.2 Å². The average molecular weight is 376 g/mol. The van der Waals surface area contributed by atoms with E-state index in [1.165, 1.54) is 42.6 Å². The first-order valence-corrected chi connectivity index (χ1v) is 9.05. The van der Waals surface area contributed by atoms with Gasteiger partial charge < -0.3 is 4.74 Å². The summed E-state index contributed by atoms with van der Waals surface area (Å²) in [5.41, 5.74) is 0.414. The highest BCUT2D eigenvalue weighted by atomic mass is 32.2. The van der Waals surface area contributed by atoms with Gasteiger partial charge in [-0.25, -0.2) is 26.9 Å². The molecule has 26 heavy (non-hydrogen) atoms. The molecule has 0 saturated carbocycles. The van der Waals surface area contributed by atoms with Gasteiger partial charge in [-0.15, -0.1) is 0 Å². The maximum absolute atomic E-state index is 13.7. The second-order valence-corrected chi connectivity index (χ2v) is 7.02. The highest BCUT2D eigenvalue weighted by Gasteiger charge is 2.19. The molecule has 5 nitrogen and oxygen atoms in total.